The van der Waals surface area contributed by atoms with E-state index in [1.54, 1.807) is 0 Å². The Kier molecular flexibility index (Phi) is 3.25. The van der Waals surface area contributed by atoms with E-state index in [-0.39, 0.29) is 0 Å². The van der Waals surface area contributed by atoms with Crippen LogP contribution in [0.3, 0.4) is 0 Å². The van der Waals surface area contributed by atoms with Crippen LogP contribution in [-0.2, 0) is 6.42 Å². The van der Waals surface area contributed by atoms with Gasteiger partial charge in [-0.3, -0.25) is 0 Å². The van der Waals surface area contributed by atoms with Crippen molar-refractivity contribution in [2.24, 2.45) is 0 Å². The standard InChI is InChI=1S/C13H16BrNO2/c14-11-7-13-12(16-8-17-13)6-9(11)5-10-3-1-2-4-15-10/h6-7,10,15H,1-5,8H2. The van der Waals surface area contributed by atoms with Crippen molar-refractivity contribution in [3.63, 3.8) is 0 Å². The van der Waals surface area contributed by atoms with E-state index in [9.17, 15) is 0 Å². The van der Waals surface area contributed by atoms with Crippen molar-refractivity contribution in [1.29, 1.82) is 0 Å². The lowest BCUT2D eigenvalue weighted by atomic mass is 9.97. The maximum absolute atomic E-state index is 5.42. The molecule has 1 aromatic rings. The van der Waals surface area contributed by atoms with E-state index in [1.165, 1.54) is 24.8 Å². The number of piperidine rings is 1. The second-order valence-electron chi connectivity index (χ2n) is 4.65. The Labute approximate surface area is 110 Å². The van der Waals surface area contributed by atoms with Crippen LogP contribution in [0.4, 0.5) is 0 Å². The zero-order chi connectivity index (χ0) is 11.7. The highest BCUT2D eigenvalue weighted by Crippen LogP contribution is 2.37. The van der Waals surface area contributed by atoms with E-state index in [4.69, 9.17) is 9.47 Å². The van der Waals surface area contributed by atoms with Gasteiger partial charge in [-0.25, -0.2) is 0 Å². The SMILES string of the molecule is Brc1cc2c(cc1CC1CCCCN1)OCO2. The Morgan fingerprint density at radius 1 is 1.24 bits per heavy atom. The minimum Gasteiger partial charge on any atom is -0.454 e. The summed E-state index contributed by atoms with van der Waals surface area (Å²) in [6.45, 7) is 1.49. The first kappa shape index (κ1) is 11.4. The molecule has 92 valence electrons. The summed E-state index contributed by atoms with van der Waals surface area (Å²) in [4.78, 5) is 0. The molecule has 3 nitrogen and oxygen atoms in total. The highest BCUT2D eigenvalue weighted by atomic mass is 79.9. The molecule has 1 atom stereocenters. The molecular formula is C13H16BrNO2. The van der Waals surface area contributed by atoms with E-state index < -0.39 is 0 Å². The van der Waals surface area contributed by atoms with Crippen molar-refractivity contribution in [2.75, 3.05) is 13.3 Å². The predicted octanol–water partition coefficient (Wildman–Crippen LogP) is 2.86. The number of hydrogen-bond donors (Lipinski definition) is 1. The summed E-state index contributed by atoms with van der Waals surface area (Å²) in [6.07, 6.45) is 4.96. The number of nitrogens with one attached hydrogen (secondary N) is 1. The lowest BCUT2D eigenvalue weighted by Gasteiger charge is -2.24. The minimum absolute atomic E-state index is 0.340. The molecule has 1 fully saturated rings. The fourth-order valence-corrected chi connectivity index (χ4v) is 2.96. The first-order chi connectivity index (χ1) is 8.33. The highest BCUT2D eigenvalue weighted by molar-refractivity contribution is 9.10. The van der Waals surface area contributed by atoms with Gasteiger partial charge in [-0.1, -0.05) is 22.4 Å². The van der Waals surface area contributed by atoms with E-state index >= 15 is 0 Å². The third kappa shape index (κ3) is 2.43. The molecule has 0 spiro atoms. The summed E-state index contributed by atoms with van der Waals surface area (Å²) in [5.74, 6) is 1.72. The fourth-order valence-electron chi connectivity index (χ4n) is 2.48. The van der Waals surface area contributed by atoms with Crippen LogP contribution in [0.1, 0.15) is 24.8 Å². The maximum Gasteiger partial charge on any atom is 0.231 e. The second-order valence-corrected chi connectivity index (χ2v) is 5.50. The Balaban J connectivity index is 1.78. The third-order valence-electron chi connectivity index (χ3n) is 3.42. The van der Waals surface area contributed by atoms with Gasteiger partial charge in [0.1, 0.15) is 0 Å². The van der Waals surface area contributed by atoms with Crippen molar-refractivity contribution < 1.29 is 9.47 Å². The third-order valence-corrected chi connectivity index (χ3v) is 4.16. The van der Waals surface area contributed by atoms with E-state index in [2.05, 4.69) is 27.3 Å². The fraction of sp³-hybridized carbons (Fsp3) is 0.538. The van der Waals surface area contributed by atoms with Gasteiger partial charge in [0.05, 0.1) is 0 Å². The topological polar surface area (TPSA) is 30.5 Å². The molecule has 0 aromatic heterocycles. The number of benzene rings is 1. The van der Waals surface area contributed by atoms with Gasteiger partial charge >= 0.3 is 0 Å². The molecule has 17 heavy (non-hydrogen) atoms. The number of hydrogen-bond acceptors (Lipinski definition) is 3. The molecular weight excluding hydrogens is 282 g/mol. The monoisotopic (exact) mass is 297 g/mol. The Morgan fingerprint density at radius 2 is 2.06 bits per heavy atom. The minimum atomic E-state index is 0.340. The molecule has 1 saturated heterocycles. The predicted molar refractivity (Wildman–Crippen MR) is 69.6 cm³/mol. The van der Waals surface area contributed by atoms with E-state index in [1.807, 2.05) is 6.07 Å². The van der Waals surface area contributed by atoms with Gasteiger partial charge in [-0.05, 0) is 43.5 Å². The Hall–Kier alpha value is -0.740. The van der Waals surface area contributed by atoms with Crippen LogP contribution < -0.4 is 14.8 Å². The molecule has 1 aromatic carbocycles. The zero-order valence-corrected chi connectivity index (χ0v) is 11.3. The molecule has 0 radical (unpaired) electrons. The lowest BCUT2D eigenvalue weighted by Crippen LogP contribution is -2.35. The molecule has 3 rings (SSSR count). The van der Waals surface area contributed by atoms with Gasteiger partial charge in [-0.15, -0.1) is 0 Å². The lowest BCUT2D eigenvalue weighted by molar-refractivity contribution is 0.174. The molecule has 2 aliphatic heterocycles. The number of fused-ring (bicyclic) bond motifs is 1. The van der Waals surface area contributed by atoms with Crippen LogP contribution in [0.5, 0.6) is 11.5 Å². The molecule has 0 saturated carbocycles. The van der Waals surface area contributed by atoms with E-state index in [0.717, 1.165) is 28.9 Å². The van der Waals surface area contributed by atoms with Crippen molar-refractivity contribution in [3.05, 3.63) is 22.2 Å². The van der Waals surface area contributed by atoms with Crippen molar-refractivity contribution in [2.45, 2.75) is 31.7 Å². The smallest absolute Gasteiger partial charge is 0.231 e. The van der Waals surface area contributed by atoms with E-state index in [0.29, 0.717) is 12.8 Å². The first-order valence-corrected chi connectivity index (χ1v) is 6.93. The Bertz CT molecular complexity index is 416. The summed E-state index contributed by atoms with van der Waals surface area (Å²) in [6, 6.07) is 4.71. The highest BCUT2D eigenvalue weighted by Gasteiger charge is 2.19. The van der Waals surface area contributed by atoms with Crippen molar-refractivity contribution in [3.8, 4) is 11.5 Å². The number of halogens is 1. The second kappa shape index (κ2) is 4.86. The molecule has 0 amide bonds. The summed E-state index contributed by atoms with van der Waals surface area (Å²) in [5.41, 5.74) is 1.30. The van der Waals surface area contributed by atoms with Gasteiger partial charge < -0.3 is 14.8 Å². The first-order valence-electron chi connectivity index (χ1n) is 6.14. The normalized spacial score (nSPS) is 22.8. The molecule has 2 heterocycles. The van der Waals surface area contributed by atoms with Crippen LogP contribution in [0.2, 0.25) is 0 Å². The summed E-state index contributed by atoms with van der Waals surface area (Å²) in [5, 5.41) is 3.57. The van der Waals surface area contributed by atoms with Crippen LogP contribution in [0.25, 0.3) is 0 Å². The molecule has 1 N–H and O–H groups in total. The van der Waals surface area contributed by atoms with Gasteiger partial charge in [0.15, 0.2) is 11.5 Å². The number of rotatable bonds is 2. The number of ether oxygens (including phenoxy) is 2. The average Bonchev–Trinajstić information content (AvgIpc) is 2.78. The van der Waals surface area contributed by atoms with Crippen LogP contribution >= 0.6 is 15.9 Å². The molecule has 0 bridgehead atoms. The summed E-state index contributed by atoms with van der Waals surface area (Å²) in [7, 11) is 0. The van der Waals surface area contributed by atoms with Crippen molar-refractivity contribution >= 4 is 15.9 Å². The Morgan fingerprint density at radius 3 is 2.82 bits per heavy atom. The van der Waals surface area contributed by atoms with Gasteiger partial charge in [0, 0.05) is 10.5 Å². The van der Waals surface area contributed by atoms with Gasteiger partial charge in [0.25, 0.3) is 0 Å². The average molecular weight is 298 g/mol. The van der Waals surface area contributed by atoms with Crippen LogP contribution in [-0.4, -0.2) is 19.4 Å². The maximum atomic E-state index is 5.42. The largest absolute Gasteiger partial charge is 0.454 e. The van der Waals surface area contributed by atoms with Crippen molar-refractivity contribution in [1.82, 2.24) is 5.32 Å². The molecule has 2 aliphatic rings. The van der Waals surface area contributed by atoms with Gasteiger partial charge in [0.2, 0.25) is 6.79 Å². The van der Waals surface area contributed by atoms with Crippen LogP contribution in [0.15, 0.2) is 16.6 Å². The van der Waals surface area contributed by atoms with Crippen LogP contribution in [0, 0.1) is 0 Å². The molecule has 4 heteroatoms. The summed E-state index contributed by atoms with van der Waals surface area (Å²) < 4.78 is 11.9. The molecule has 0 aliphatic carbocycles. The van der Waals surface area contributed by atoms with Gasteiger partial charge in [-0.2, -0.15) is 0 Å². The zero-order valence-electron chi connectivity index (χ0n) is 9.67. The quantitative estimate of drug-likeness (QED) is 0.910. The summed E-state index contributed by atoms with van der Waals surface area (Å²) >= 11 is 3.61. The molecule has 1 unspecified atom stereocenters.